The molecule has 0 amide bonds. The lowest BCUT2D eigenvalue weighted by atomic mass is 10.2. The zero-order valence-corrected chi connectivity index (χ0v) is 10.7. The van der Waals surface area contributed by atoms with Crippen LogP contribution >= 0.6 is 11.6 Å². The molecule has 0 aliphatic rings. The van der Waals surface area contributed by atoms with Crippen LogP contribution in [0.2, 0.25) is 5.15 Å². The molecular formula is C14H10ClN3O. The molecule has 0 N–H and O–H groups in total. The Bertz CT molecular complexity index is 781. The molecule has 0 saturated heterocycles. The quantitative estimate of drug-likeness (QED) is 0.719. The van der Waals surface area contributed by atoms with Crippen molar-refractivity contribution in [3.63, 3.8) is 0 Å². The minimum absolute atomic E-state index is 0.0325. The van der Waals surface area contributed by atoms with Gasteiger partial charge in [0.05, 0.1) is 12.2 Å². The van der Waals surface area contributed by atoms with Crippen LogP contribution in [0.25, 0.3) is 10.8 Å². The van der Waals surface area contributed by atoms with Gasteiger partial charge in [0.15, 0.2) is 5.15 Å². The third kappa shape index (κ3) is 2.35. The summed E-state index contributed by atoms with van der Waals surface area (Å²) in [4.78, 5) is 12.3. The van der Waals surface area contributed by atoms with E-state index in [0.717, 1.165) is 5.39 Å². The summed E-state index contributed by atoms with van der Waals surface area (Å²) in [7, 11) is 0. The van der Waals surface area contributed by atoms with Gasteiger partial charge in [-0.2, -0.15) is 5.10 Å². The summed E-state index contributed by atoms with van der Waals surface area (Å²) < 4.78 is 1.61. The lowest BCUT2D eigenvalue weighted by molar-refractivity contribution is 0.730. The van der Waals surface area contributed by atoms with Crippen LogP contribution in [0, 0.1) is 0 Å². The van der Waals surface area contributed by atoms with Crippen molar-refractivity contribution in [2.45, 2.75) is 6.54 Å². The Balaban J connectivity index is 2.04. The molecule has 0 spiro atoms. The summed E-state index contributed by atoms with van der Waals surface area (Å²) in [6.07, 6.45) is 1.76. The van der Waals surface area contributed by atoms with Gasteiger partial charge in [0, 0.05) is 11.6 Å². The first-order chi connectivity index (χ1) is 9.24. The molecule has 5 heteroatoms. The molecule has 0 saturated carbocycles. The first kappa shape index (κ1) is 11.9. The van der Waals surface area contributed by atoms with Crippen LogP contribution in [0.15, 0.2) is 53.5 Å². The zero-order valence-electron chi connectivity index (χ0n) is 9.95. The fraction of sp³-hybridized carbons (Fsp3) is 0.0714. The predicted octanol–water partition coefficient (Wildman–Crippen LogP) is 2.49. The van der Waals surface area contributed by atoms with Crippen LogP contribution in [0.3, 0.4) is 0 Å². The standard InChI is InChI=1S/C14H10ClN3O/c15-13-6-5-11(16-17-13)9-18-8-7-10-3-1-2-4-12(10)14(18)19/h1-8H,9H2. The van der Waals surface area contributed by atoms with Crippen LogP contribution in [-0.4, -0.2) is 14.8 Å². The first-order valence-electron chi connectivity index (χ1n) is 5.80. The van der Waals surface area contributed by atoms with Crippen molar-refractivity contribution in [1.82, 2.24) is 14.8 Å². The van der Waals surface area contributed by atoms with E-state index in [4.69, 9.17) is 11.6 Å². The van der Waals surface area contributed by atoms with Crippen molar-refractivity contribution in [3.05, 3.63) is 69.9 Å². The van der Waals surface area contributed by atoms with E-state index in [-0.39, 0.29) is 5.56 Å². The average molecular weight is 272 g/mol. The molecule has 2 aromatic heterocycles. The van der Waals surface area contributed by atoms with Gasteiger partial charge in [-0.25, -0.2) is 0 Å². The smallest absolute Gasteiger partial charge is 0.258 e. The summed E-state index contributed by atoms with van der Waals surface area (Å²) >= 11 is 5.68. The van der Waals surface area contributed by atoms with E-state index < -0.39 is 0 Å². The number of fused-ring (bicyclic) bond motifs is 1. The van der Waals surface area contributed by atoms with E-state index in [2.05, 4.69) is 10.2 Å². The minimum Gasteiger partial charge on any atom is -0.309 e. The summed E-state index contributed by atoms with van der Waals surface area (Å²) in [5, 5.41) is 9.70. The summed E-state index contributed by atoms with van der Waals surface area (Å²) in [6, 6.07) is 12.9. The summed E-state index contributed by atoms with van der Waals surface area (Å²) in [5.74, 6) is 0. The molecule has 0 aliphatic carbocycles. The van der Waals surface area contributed by atoms with Crippen molar-refractivity contribution >= 4 is 22.4 Å². The Morgan fingerprint density at radius 1 is 1.05 bits per heavy atom. The summed E-state index contributed by atoms with van der Waals surface area (Å²) in [6.45, 7) is 0.383. The second kappa shape index (κ2) is 4.82. The fourth-order valence-electron chi connectivity index (χ4n) is 1.96. The van der Waals surface area contributed by atoms with Gasteiger partial charge < -0.3 is 4.57 Å². The number of hydrogen-bond donors (Lipinski definition) is 0. The molecule has 0 unspecified atom stereocenters. The van der Waals surface area contributed by atoms with Crippen molar-refractivity contribution in [3.8, 4) is 0 Å². The molecule has 0 aliphatic heterocycles. The average Bonchev–Trinajstić information content (AvgIpc) is 2.45. The molecule has 94 valence electrons. The van der Waals surface area contributed by atoms with Crippen molar-refractivity contribution in [2.75, 3.05) is 0 Å². The molecule has 2 heterocycles. The monoisotopic (exact) mass is 271 g/mol. The van der Waals surface area contributed by atoms with Crippen LogP contribution < -0.4 is 5.56 Å². The normalized spacial score (nSPS) is 10.8. The summed E-state index contributed by atoms with van der Waals surface area (Å²) in [5.41, 5.74) is 0.664. The maximum absolute atomic E-state index is 12.3. The Hall–Kier alpha value is -2.20. The van der Waals surface area contributed by atoms with Gasteiger partial charge in [0.1, 0.15) is 0 Å². The maximum Gasteiger partial charge on any atom is 0.258 e. The molecule has 3 aromatic rings. The largest absolute Gasteiger partial charge is 0.309 e. The predicted molar refractivity (Wildman–Crippen MR) is 74.4 cm³/mol. The van der Waals surface area contributed by atoms with Crippen molar-refractivity contribution in [1.29, 1.82) is 0 Å². The second-order valence-corrected chi connectivity index (χ2v) is 4.57. The highest BCUT2D eigenvalue weighted by molar-refractivity contribution is 6.29. The lowest BCUT2D eigenvalue weighted by Crippen LogP contribution is -2.20. The Kier molecular flexibility index (Phi) is 3.01. The number of rotatable bonds is 2. The molecule has 0 radical (unpaired) electrons. The molecule has 1 aromatic carbocycles. The SMILES string of the molecule is O=c1c2ccccc2ccn1Cc1ccc(Cl)nn1. The van der Waals surface area contributed by atoms with E-state index in [1.807, 2.05) is 30.3 Å². The highest BCUT2D eigenvalue weighted by atomic mass is 35.5. The zero-order chi connectivity index (χ0) is 13.2. The molecule has 0 bridgehead atoms. The Labute approximate surface area is 114 Å². The van der Waals surface area contributed by atoms with E-state index >= 15 is 0 Å². The van der Waals surface area contributed by atoms with Crippen molar-refractivity contribution in [2.24, 2.45) is 0 Å². The highest BCUT2D eigenvalue weighted by Crippen LogP contribution is 2.09. The third-order valence-electron chi connectivity index (χ3n) is 2.91. The molecule has 19 heavy (non-hydrogen) atoms. The number of nitrogens with zero attached hydrogens (tertiary/aromatic N) is 3. The van der Waals surface area contributed by atoms with Gasteiger partial charge in [-0.15, -0.1) is 5.10 Å². The number of pyridine rings is 1. The Morgan fingerprint density at radius 2 is 1.89 bits per heavy atom. The molecule has 0 atom stereocenters. The number of benzene rings is 1. The van der Waals surface area contributed by atoms with E-state index in [1.165, 1.54) is 0 Å². The van der Waals surface area contributed by atoms with Gasteiger partial charge in [-0.1, -0.05) is 29.8 Å². The fourth-order valence-corrected chi connectivity index (χ4v) is 2.06. The van der Waals surface area contributed by atoms with Crippen LogP contribution in [0.4, 0.5) is 0 Å². The second-order valence-electron chi connectivity index (χ2n) is 4.18. The molecule has 4 nitrogen and oxygen atoms in total. The van der Waals surface area contributed by atoms with Gasteiger partial charge in [0.2, 0.25) is 0 Å². The number of halogens is 1. The topological polar surface area (TPSA) is 47.8 Å². The van der Waals surface area contributed by atoms with Gasteiger partial charge >= 0.3 is 0 Å². The highest BCUT2D eigenvalue weighted by Gasteiger charge is 2.04. The van der Waals surface area contributed by atoms with Gasteiger partial charge in [-0.05, 0) is 29.7 Å². The van der Waals surface area contributed by atoms with Gasteiger partial charge in [-0.3, -0.25) is 4.79 Å². The Morgan fingerprint density at radius 3 is 2.68 bits per heavy atom. The number of aromatic nitrogens is 3. The van der Waals surface area contributed by atoms with E-state index in [9.17, 15) is 4.79 Å². The van der Waals surface area contributed by atoms with E-state index in [0.29, 0.717) is 22.8 Å². The number of hydrogen-bond acceptors (Lipinski definition) is 3. The maximum atomic E-state index is 12.3. The van der Waals surface area contributed by atoms with E-state index in [1.54, 1.807) is 22.9 Å². The van der Waals surface area contributed by atoms with Crippen molar-refractivity contribution < 1.29 is 0 Å². The molecule has 0 fully saturated rings. The van der Waals surface area contributed by atoms with Gasteiger partial charge in [0.25, 0.3) is 5.56 Å². The third-order valence-corrected chi connectivity index (χ3v) is 3.11. The van der Waals surface area contributed by atoms with Crippen LogP contribution in [-0.2, 0) is 6.54 Å². The van der Waals surface area contributed by atoms with Crippen LogP contribution in [0.1, 0.15) is 5.69 Å². The minimum atomic E-state index is -0.0325. The molecular weight excluding hydrogens is 262 g/mol. The first-order valence-corrected chi connectivity index (χ1v) is 6.18. The molecule has 3 rings (SSSR count). The lowest BCUT2D eigenvalue weighted by Gasteiger charge is -2.06. The van der Waals surface area contributed by atoms with Crippen LogP contribution in [0.5, 0.6) is 0 Å².